The van der Waals surface area contributed by atoms with Crippen molar-refractivity contribution in [2.45, 2.75) is 45.3 Å². The van der Waals surface area contributed by atoms with Gasteiger partial charge < -0.3 is 10.1 Å². The fourth-order valence-electron chi connectivity index (χ4n) is 2.76. The number of hydrogen-bond donors (Lipinski definition) is 1. The molecule has 1 aliphatic heterocycles. The molecule has 2 atom stereocenters. The summed E-state index contributed by atoms with van der Waals surface area (Å²) in [6.07, 6.45) is 4.46. The van der Waals surface area contributed by atoms with Gasteiger partial charge in [-0.25, -0.2) is 0 Å². The van der Waals surface area contributed by atoms with Crippen LogP contribution in [-0.4, -0.2) is 49.8 Å². The normalized spacial score (nSPS) is 29.2. The molecule has 2 rings (SSSR count). The smallest absolute Gasteiger partial charge is 0.0857 e. The van der Waals surface area contributed by atoms with Crippen LogP contribution in [0.1, 0.15) is 33.1 Å². The average molecular weight is 226 g/mol. The maximum atomic E-state index is 5.97. The average Bonchev–Trinajstić information content (AvgIpc) is 3.11. The van der Waals surface area contributed by atoms with Crippen LogP contribution in [0.3, 0.4) is 0 Å². The molecule has 0 amide bonds. The van der Waals surface area contributed by atoms with Gasteiger partial charge in [0.1, 0.15) is 0 Å². The molecule has 2 fully saturated rings. The number of ether oxygens (including phenoxy) is 1. The molecular weight excluding hydrogens is 200 g/mol. The molecule has 94 valence electrons. The Balaban J connectivity index is 1.85. The predicted molar refractivity (Wildman–Crippen MR) is 66.7 cm³/mol. The summed E-state index contributed by atoms with van der Waals surface area (Å²) in [4.78, 5) is 2.56. The molecule has 0 aromatic carbocycles. The molecule has 0 bridgehead atoms. The van der Waals surface area contributed by atoms with E-state index >= 15 is 0 Å². The standard InChI is InChI=1S/C13H26N2O/c1-3-7-15-8-9-16-12(10-15)13(14-4-2)11-5-6-11/h11-14H,3-10H2,1-2H3. The minimum absolute atomic E-state index is 0.424. The maximum Gasteiger partial charge on any atom is 0.0857 e. The minimum atomic E-state index is 0.424. The highest BCUT2D eigenvalue weighted by atomic mass is 16.5. The summed E-state index contributed by atoms with van der Waals surface area (Å²) in [7, 11) is 0. The highest BCUT2D eigenvalue weighted by molar-refractivity contribution is 4.93. The van der Waals surface area contributed by atoms with E-state index in [1.54, 1.807) is 0 Å². The number of nitrogens with zero attached hydrogens (tertiary/aromatic N) is 1. The summed E-state index contributed by atoms with van der Waals surface area (Å²) in [5.41, 5.74) is 0. The van der Waals surface area contributed by atoms with Crippen molar-refractivity contribution < 1.29 is 4.74 Å². The largest absolute Gasteiger partial charge is 0.374 e. The van der Waals surface area contributed by atoms with Gasteiger partial charge in [0, 0.05) is 19.1 Å². The molecule has 0 aromatic heterocycles. The van der Waals surface area contributed by atoms with Gasteiger partial charge in [-0.3, -0.25) is 4.90 Å². The van der Waals surface area contributed by atoms with Crippen LogP contribution >= 0.6 is 0 Å². The van der Waals surface area contributed by atoms with Gasteiger partial charge in [-0.2, -0.15) is 0 Å². The van der Waals surface area contributed by atoms with Gasteiger partial charge in [-0.15, -0.1) is 0 Å². The zero-order chi connectivity index (χ0) is 11.4. The number of hydrogen-bond acceptors (Lipinski definition) is 3. The molecular formula is C13H26N2O. The lowest BCUT2D eigenvalue weighted by atomic mass is 10.0. The van der Waals surface area contributed by atoms with Crippen LogP contribution in [0.4, 0.5) is 0 Å². The van der Waals surface area contributed by atoms with E-state index < -0.39 is 0 Å². The van der Waals surface area contributed by atoms with Gasteiger partial charge in [-0.05, 0) is 38.3 Å². The van der Waals surface area contributed by atoms with Crippen molar-refractivity contribution >= 4 is 0 Å². The molecule has 1 aliphatic carbocycles. The lowest BCUT2D eigenvalue weighted by Crippen LogP contribution is -2.53. The van der Waals surface area contributed by atoms with Crippen LogP contribution in [0.25, 0.3) is 0 Å². The van der Waals surface area contributed by atoms with Crippen LogP contribution in [0.5, 0.6) is 0 Å². The van der Waals surface area contributed by atoms with Crippen molar-refractivity contribution in [3.8, 4) is 0 Å². The molecule has 2 aliphatic rings. The second-order valence-electron chi connectivity index (χ2n) is 5.13. The predicted octanol–water partition coefficient (Wildman–Crippen LogP) is 1.49. The second kappa shape index (κ2) is 5.99. The molecule has 1 heterocycles. The van der Waals surface area contributed by atoms with Crippen molar-refractivity contribution in [1.82, 2.24) is 10.2 Å². The van der Waals surface area contributed by atoms with Gasteiger partial charge in [-0.1, -0.05) is 13.8 Å². The van der Waals surface area contributed by atoms with Crippen LogP contribution < -0.4 is 5.32 Å². The van der Waals surface area contributed by atoms with E-state index in [0.29, 0.717) is 12.1 Å². The molecule has 0 spiro atoms. The topological polar surface area (TPSA) is 24.5 Å². The SMILES string of the molecule is CCCN1CCOC(C(NCC)C2CC2)C1. The number of nitrogens with one attached hydrogen (secondary N) is 1. The molecule has 0 aromatic rings. The first-order valence-corrected chi connectivity index (χ1v) is 6.92. The summed E-state index contributed by atoms with van der Waals surface area (Å²) < 4.78 is 5.97. The van der Waals surface area contributed by atoms with Gasteiger partial charge >= 0.3 is 0 Å². The van der Waals surface area contributed by atoms with Crippen LogP contribution in [0, 0.1) is 5.92 Å². The highest BCUT2D eigenvalue weighted by Gasteiger charge is 2.38. The number of morpholine rings is 1. The summed E-state index contributed by atoms with van der Waals surface area (Å²) in [6.45, 7) is 9.91. The summed E-state index contributed by atoms with van der Waals surface area (Å²) in [6, 6.07) is 0.602. The van der Waals surface area contributed by atoms with E-state index in [1.165, 1.54) is 25.8 Å². The number of likely N-dealkylation sites (N-methyl/N-ethyl adjacent to an activating group) is 1. The van der Waals surface area contributed by atoms with Crippen LogP contribution in [0.15, 0.2) is 0 Å². The van der Waals surface area contributed by atoms with Crippen LogP contribution in [-0.2, 0) is 4.74 Å². The quantitative estimate of drug-likeness (QED) is 0.742. The van der Waals surface area contributed by atoms with Gasteiger partial charge in [0.05, 0.1) is 12.7 Å². The Morgan fingerprint density at radius 2 is 2.19 bits per heavy atom. The summed E-state index contributed by atoms with van der Waals surface area (Å²) in [5, 5.41) is 3.63. The molecule has 2 unspecified atom stereocenters. The van der Waals surface area contributed by atoms with Crippen molar-refractivity contribution in [2.24, 2.45) is 5.92 Å². The third kappa shape index (κ3) is 3.19. The molecule has 1 saturated heterocycles. The summed E-state index contributed by atoms with van der Waals surface area (Å²) in [5.74, 6) is 0.881. The Hall–Kier alpha value is -0.120. The molecule has 0 radical (unpaired) electrons. The molecule has 3 heteroatoms. The van der Waals surface area contributed by atoms with E-state index in [4.69, 9.17) is 4.74 Å². The Morgan fingerprint density at radius 1 is 1.38 bits per heavy atom. The van der Waals surface area contributed by atoms with E-state index in [9.17, 15) is 0 Å². The van der Waals surface area contributed by atoms with Crippen molar-refractivity contribution in [1.29, 1.82) is 0 Å². The van der Waals surface area contributed by atoms with Gasteiger partial charge in [0.2, 0.25) is 0 Å². The molecule has 1 saturated carbocycles. The maximum absolute atomic E-state index is 5.97. The minimum Gasteiger partial charge on any atom is -0.374 e. The van der Waals surface area contributed by atoms with Gasteiger partial charge in [0.15, 0.2) is 0 Å². The molecule has 3 nitrogen and oxygen atoms in total. The van der Waals surface area contributed by atoms with Crippen molar-refractivity contribution in [3.63, 3.8) is 0 Å². The first kappa shape index (κ1) is 12.3. The Morgan fingerprint density at radius 3 is 2.81 bits per heavy atom. The second-order valence-corrected chi connectivity index (χ2v) is 5.13. The molecule has 16 heavy (non-hydrogen) atoms. The third-order valence-corrected chi connectivity index (χ3v) is 3.69. The fourth-order valence-corrected chi connectivity index (χ4v) is 2.76. The lowest BCUT2D eigenvalue weighted by molar-refractivity contribution is -0.0497. The highest BCUT2D eigenvalue weighted by Crippen LogP contribution is 2.35. The Bertz CT molecular complexity index is 204. The lowest BCUT2D eigenvalue weighted by Gasteiger charge is -2.37. The molecule has 1 N–H and O–H groups in total. The monoisotopic (exact) mass is 226 g/mol. The fraction of sp³-hybridized carbons (Fsp3) is 1.00. The zero-order valence-corrected chi connectivity index (χ0v) is 10.7. The zero-order valence-electron chi connectivity index (χ0n) is 10.7. The number of rotatable bonds is 6. The Labute approximate surface area is 99.5 Å². The van der Waals surface area contributed by atoms with E-state index in [0.717, 1.165) is 32.2 Å². The van der Waals surface area contributed by atoms with Crippen molar-refractivity contribution in [2.75, 3.05) is 32.8 Å². The Kier molecular flexibility index (Phi) is 4.62. The first-order chi connectivity index (χ1) is 7.85. The van der Waals surface area contributed by atoms with Crippen LogP contribution in [0.2, 0.25) is 0 Å². The van der Waals surface area contributed by atoms with E-state index in [-0.39, 0.29) is 0 Å². The van der Waals surface area contributed by atoms with E-state index in [1.807, 2.05) is 0 Å². The first-order valence-electron chi connectivity index (χ1n) is 6.92. The summed E-state index contributed by atoms with van der Waals surface area (Å²) >= 11 is 0. The van der Waals surface area contributed by atoms with E-state index in [2.05, 4.69) is 24.1 Å². The van der Waals surface area contributed by atoms with Gasteiger partial charge in [0.25, 0.3) is 0 Å². The third-order valence-electron chi connectivity index (χ3n) is 3.69. The van der Waals surface area contributed by atoms with Crippen molar-refractivity contribution in [3.05, 3.63) is 0 Å².